The van der Waals surface area contributed by atoms with Gasteiger partial charge in [0, 0.05) is 22.3 Å². The van der Waals surface area contributed by atoms with E-state index in [1.54, 1.807) is 12.1 Å². The lowest BCUT2D eigenvalue weighted by atomic mass is 10.1. The summed E-state index contributed by atoms with van der Waals surface area (Å²) in [6.07, 6.45) is 0.122. The molecule has 3 N–H and O–H groups in total. The summed E-state index contributed by atoms with van der Waals surface area (Å²) >= 11 is 1.37. The van der Waals surface area contributed by atoms with E-state index >= 15 is 0 Å². The molecule has 2 aromatic carbocycles. The predicted octanol–water partition coefficient (Wildman–Crippen LogP) is 3.27. The molecule has 0 heterocycles. The van der Waals surface area contributed by atoms with Gasteiger partial charge in [-0.15, -0.1) is 11.8 Å². The van der Waals surface area contributed by atoms with Gasteiger partial charge in [0.05, 0.1) is 0 Å². The van der Waals surface area contributed by atoms with Crippen LogP contribution in [0.3, 0.4) is 0 Å². The molecule has 112 valence electrons. The average Bonchev–Trinajstić information content (AvgIpc) is 2.46. The summed E-state index contributed by atoms with van der Waals surface area (Å²) < 4.78 is 40.3. The standard InChI is InChI=1S/C15H15F3N2S/c16-10-3-1-4-12(7-10)21-9-11(20-19)8-13-14(17)5-2-6-15(13)18/h1-7,11,20H,8-9,19H2. The van der Waals surface area contributed by atoms with Crippen LogP contribution in [0, 0.1) is 17.5 Å². The number of hydrogen-bond acceptors (Lipinski definition) is 3. The minimum atomic E-state index is -0.592. The summed E-state index contributed by atoms with van der Waals surface area (Å²) in [6.45, 7) is 0. The van der Waals surface area contributed by atoms with Crippen LogP contribution in [-0.4, -0.2) is 11.8 Å². The largest absolute Gasteiger partial charge is 0.271 e. The molecule has 1 unspecified atom stereocenters. The number of halogens is 3. The van der Waals surface area contributed by atoms with Gasteiger partial charge < -0.3 is 0 Å². The van der Waals surface area contributed by atoms with Crippen LogP contribution in [-0.2, 0) is 6.42 Å². The summed E-state index contributed by atoms with van der Waals surface area (Å²) in [5.74, 6) is 4.39. The van der Waals surface area contributed by atoms with Gasteiger partial charge in [0.1, 0.15) is 17.5 Å². The quantitative estimate of drug-likeness (QED) is 0.488. The van der Waals surface area contributed by atoms with Crippen LogP contribution in [0.1, 0.15) is 5.56 Å². The number of hydrogen-bond donors (Lipinski definition) is 2. The fourth-order valence-electron chi connectivity index (χ4n) is 1.89. The van der Waals surface area contributed by atoms with Crippen molar-refractivity contribution in [2.45, 2.75) is 17.4 Å². The Labute approximate surface area is 125 Å². The number of nitrogens with two attached hydrogens (primary N) is 1. The third-order valence-corrected chi connectivity index (χ3v) is 4.15. The van der Waals surface area contributed by atoms with Gasteiger partial charge in [-0.25, -0.2) is 13.2 Å². The molecule has 0 aromatic heterocycles. The molecule has 0 spiro atoms. The lowest BCUT2D eigenvalue weighted by Gasteiger charge is -2.16. The Balaban J connectivity index is 2.00. The Morgan fingerprint density at radius 2 is 1.71 bits per heavy atom. The lowest BCUT2D eigenvalue weighted by molar-refractivity contribution is 0.512. The molecule has 6 heteroatoms. The fraction of sp³-hybridized carbons (Fsp3) is 0.200. The molecule has 0 fully saturated rings. The first-order valence-electron chi connectivity index (χ1n) is 6.37. The highest BCUT2D eigenvalue weighted by Crippen LogP contribution is 2.21. The molecule has 0 radical (unpaired) electrons. The summed E-state index contributed by atoms with van der Waals surface area (Å²) in [5.41, 5.74) is 2.54. The minimum Gasteiger partial charge on any atom is -0.271 e. The zero-order valence-corrected chi connectivity index (χ0v) is 12.0. The zero-order chi connectivity index (χ0) is 15.2. The van der Waals surface area contributed by atoms with Gasteiger partial charge in [0.15, 0.2) is 0 Å². The van der Waals surface area contributed by atoms with Crippen molar-refractivity contribution in [3.05, 3.63) is 65.5 Å². The summed E-state index contributed by atoms with van der Waals surface area (Å²) in [5, 5.41) is 0. The Hall–Kier alpha value is -1.50. The Morgan fingerprint density at radius 1 is 1.05 bits per heavy atom. The van der Waals surface area contributed by atoms with Gasteiger partial charge in [-0.1, -0.05) is 12.1 Å². The number of rotatable bonds is 6. The van der Waals surface area contributed by atoms with E-state index in [0.717, 1.165) is 4.90 Å². The van der Waals surface area contributed by atoms with E-state index in [1.165, 1.54) is 42.1 Å². The van der Waals surface area contributed by atoms with Crippen LogP contribution in [0.15, 0.2) is 47.4 Å². The molecule has 0 bridgehead atoms. The van der Waals surface area contributed by atoms with Crippen LogP contribution < -0.4 is 11.3 Å². The van der Waals surface area contributed by atoms with Gasteiger partial charge >= 0.3 is 0 Å². The first-order chi connectivity index (χ1) is 10.1. The molecule has 0 aliphatic rings. The molecule has 0 saturated heterocycles. The maximum absolute atomic E-state index is 13.6. The monoisotopic (exact) mass is 312 g/mol. The van der Waals surface area contributed by atoms with Crippen molar-refractivity contribution in [1.82, 2.24) is 5.43 Å². The van der Waals surface area contributed by atoms with Crippen LogP contribution in [0.2, 0.25) is 0 Å². The average molecular weight is 312 g/mol. The van der Waals surface area contributed by atoms with E-state index in [2.05, 4.69) is 5.43 Å². The second-order valence-electron chi connectivity index (χ2n) is 4.54. The molecular formula is C15H15F3N2S. The number of hydrazine groups is 1. The smallest absolute Gasteiger partial charge is 0.129 e. The summed E-state index contributed by atoms with van der Waals surface area (Å²) in [4.78, 5) is 0.740. The topological polar surface area (TPSA) is 38.0 Å². The number of thioether (sulfide) groups is 1. The van der Waals surface area contributed by atoms with Crippen LogP contribution in [0.25, 0.3) is 0 Å². The molecule has 2 rings (SSSR count). The van der Waals surface area contributed by atoms with Crippen molar-refractivity contribution in [2.75, 3.05) is 5.75 Å². The van der Waals surface area contributed by atoms with E-state index in [-0.39, 0.29) is 23.8 Å². The third-order valence-electron chi connectivity index (χ3n) is 3.00. The SMILES string of the molecule is NNC(CSc1cccc(F)c1)Cc1c(F)cccc1F. The normalized spacial score (nSPS) is 12.4. The zero-order valence-electron chi connectivity index (χ0n) is 11.2. The maximum Gasteiger partial charge on any atom is 0.129 e. The van der Waals surface area contributed by atoms with Crippen LogP contribution >= 0.6 is 11.8 Å². The van der Waals surface area contributed by atoms with Crippen molar-refractivity contribution >= 4 is 11.8 Å². The van der Waals surface area contributed by atoms with E-state index < -0.39 is 11.6 Å². The van der Waals surface area contributed by atoms with Crippen LogP contribution in [0.4, 0.5) is 13.2 Å². The van der Waals surface area contributed by atoms with Gasteiger partial charge in [0.2, 0.25) is 0 Å². The summed E-state index contributed by atoms with van der Waals surface area (Å²) in [7, 11) is 0. The van der Waals surface area contributed by atoms with Crippen molar-refractivity contribution in [2.24, 2.45) is 5.84 Å². The molecule has 0 amide bonds. The first-order valence-corrected chi connectivity index (χ1v) is 7.36. The van der Waals surface area contributed by atoms with Crippen molar-refractivity contribution in [1.29, 1.82) is 0 Å². The van der Waals surface area contributed by atoms with E-state index in [9.17, 15) is 13.2 Å². The Morgan fingerprint density at radius 3 is 2.33 bits per heavy atom. The van der Waals surface area contributed by atoms with Gasteiger partial charge in [-0.05, 0) is 36.8 Å². The number of benzene rings is 2. The second kappa shape index (κ2) is 7.49. The van der Waals surface area contributed by atoms with E-state index in [1.807, 2.05) is 0 Å². The van der Waals surface area contributed by atoms with Gasteiger partial charge in [-0.3, -0.25) is 11.3 Å². The maximum atomic E-state index is 13.6. The molecule has 0 saturated carbocycles. The fourth-order valence-corrected chi connectivity index (χ4v) is 2.87. The molecule has 21 heavy (non-hydrogen) atoms. The van der Waals surface area contributed by atoms with Gasteiger partial charge in [-0.2, -0.15) is 0 Å². The highest BCUT2D eigenvalue weighted by molar-refractivity contribution is 7.99. The highest BCUT2D eigenvalue weighted by Gasteiger charge is 2.15. The molecule has 0 aliphatic heterocycles. The lowest BCUT2D eigenvalue weighted by Crippen LogP contribution is -2.39. The molecule has 0 aliphatic carbocycles. The van der Waals surface area contributed by atoms with Crippen molar-refractivity contribution < 1.29 is 13.2 Å². The minimum absolute atomic E-state index is 0.000271. The van der Waals surface area contributed by atoms with Gasteiger partial charge in [0.25, 0.3) is 0 Å². The van der Waals surface area contributed by atoms with Crippen molar-refractivity contribution in [3.8, 4) is 0 Å². The predicted molar refractivity (Wildman–Crippen MR) is 78.3 cm³/mol. The van der Waals surface area contributed by atoms with E-state index in [4.69, 9.17) is 5.84 Å². The molecule has 2 aromatic rings. The summed E-state index contributed by atoms with van der Waals surface area (Å²) in [6, 6.07) is 9.56. The molecule has 1 atom stereocenters. The number of nitrogens with one attached hydrogen (secondary N) is 1. The molecular weight excluding hydrogens is 297 g/mol. The van der Waals surface area contributed by atoms with E-state index in [0.29, 0.717) is 5.75 Å². The van der Waals surface area contributed by atoms with Crippen molar-refractivity contribution in [3.63, 3.8) is 0 Å². The Bertz CT molecular complexity index is 587. The second-order valence-corrected chi connectivity index (χ2v) is 5.63. The Kier molecular flexibility index (Phi) is 5.67. The third kappa shape index (κ3) is 4.49. The molecule has 2 nitrogen and oxygen atoms in total. The first kappa shape index (κ1) is 15.9. The van der Waals surface area contributed by atoms with Crippen LogP contribution in [0.5, 0.6) is 0 Å². The highest BCUT2D eigenvalue weighted by atomic mass is 32.2.